The number of anilines is 1. The maximum atomic E-state index is 13.0. The van der Waals surface area contributed by atoms with Gasteiger partial charge in [0.1, 0.15) is 0 Å². The van der Waals surface area contributed by atoms with Crippen molar-refractivity contribution in [3.63, 3.8) is 0 Å². The van der Waals surface area contributed by atoms with Crippen molar-refractivity contribution < 1.29 is 9.90 Å². The predicted molar refractivity (Wildman–Crippen MR) is 117 cm³/mol. The lowest BCUT2D eigenvalue weighted by atomic mass is 9.97. The Morgan fingerprint density at radius 2 is 2.07 bits per heavy atom. The number of carboxylic acids is 1. The molecule has 0 bridgehead atoms. The minimum absolute atomic E-state index is 0.113. The number of fused-ring (bicyclic) bond motifs is 1. The second kappa shape index (κ2) is 9.04. The van der Waals surface area contributed by atoms with Crippen LogP contribution in [0.1, 0.15) is 30.4 Å². The molecule has 1 saturated heterocycles. The number of benzene rings is 1. The van der Waals surface area contributed by atoms with Crippen LogP contribution in [-0.4, -0.2) is 51.6 Å². The number of pyridine rings is 1. The Labute approximate surface area is 180 Å². The molecule has 0 unspecified atom stereocenters. The van der Waals surface area contributed by atoms with Gasteiger partial charge in [-0.2, -0.15) is 0 Å². The quantitative estimate of drug-likeness (QED) is 0.719. The summed E-state index contributed by atoms with van der Waals surface area (Å²) in [6.45, 7) is 1.89. The van der Waals surface area contributed by atoms with E-state index in [1.54, 1.807) is 17.4 Å². The molecule has 1 aromatic heterocycles. The summed E-state index contributed by atoms with van der Waals surface area (Å²) in [5.74, 6) is -0.797. The summed E-state index contributed by atoms with van der Waals surface area (Å²) < 4.78 is 0. The molecule has 158 valence electrons. The number of hydrogen-bond donors (Lipinski definition) is 1. The van der Waals surface area contributed by atoms with Gasteiger partial charge in [0, 0.05) is 35.6 Å². The Kier molecular flexibility index (Phi) is 6.22. The highest BCUT2D eigenvalue weighted by molar-refractivity contribution is 6.30. The van der Waals surface area contributed by atoms with Crippen molar-refractivity contribution in [2.75, 3.05) is 24.8 Å². The number of aliphatic carboxylic acids is 1. The van der Waals surface area contributed by atoms with E-state index in [0.29, 0.717) is 30.2 Å². The molecule has 0 spiro atoms. The molecule has 0 amide bonds. The van der Waals surface area contributed by atoms with E-state index in [9.17, 15) is 10.0 Å². The first-order valence-corrected chi connectivity index (χ1v) is 10.5. The van der Waals surface area contributed by atoms with Gasteiger partial charge >= 0.3 is 5.97 Å². The molecular formula is C22H24ClN4O3-. The molecule has 2 aliphatic heterocycles. The van der Waals surface area contributed by atoms with Crippen molar-refractivity contribution in [1.29, 1.82) is 0 Å². The largest absolute Gasteiger partial charge is 0.738 e. The molecule has 7 nitrogen and oxygen atoms in total. The molecule has 2 aliphatic rings. The topological polar surface area (TPSA) is 83.0 Å². The van der Waals surface area contributed by atoms with Gasteiger partial charge in [-0.1, -0.05) is 23.7 Å². The molecule has 0 radical (unpaired) electrons. The van der Waals surface area contributed by atoms with Crippen LogP contribution in [0, 0.1) is 5.21 Å². The molecule has 1 N–H and O–H groups in total. The third kappa shape index (κ3) is 4.59. The normalized spacial score (nSPS) is 19.0. The summed E-state index contributed by atoms with van der Waals surface area (Å²) in [7, 11) is 0. The number of aromatic nitrogens is 1. The molecule has 2 aromatic rings. The van der Waals surface area contributed by atoms with Crippen molar-refractivity contribution in [2.45, 2.75) is 31.7 Å². The molecule has 4 rings (SSSR count). The highest BCUT2D eigenvalue weighted by atomic mass is 35.5. The van der Waals surface area contributed by atoms with Crippen LogP contribution in [0.25, 0.3) is 5.57 Å². The number of likely N-dealkylation sites (tertiary alicyclic amines) is 1. The predicted octanol–water partition coefficient (Wildman–Crippen LogP) is 3.79. The van der Waals surface area contributed by atoms with Gasteiger partial charge in [-0.25, -0.2) is 0 Å². The first-order valence-electron chi connectivity index (χ1n) is 10.1. The monoisotopic (exact) mass is 427 g/mol. The zero-order valence-corrected chi connectivity index (χ0v) is 17.3. The van der Waals surface area contributed by atoms with Crippen molar-refractivity contribution in [2.24, 2.45) is 0 Å². The summed E-state index contributed by atoms with van der Waals surface area (Å²) in [5, 5.41) is 25.3. The standard InChI is InChI=1S/C22H24ClN4O3/c23-18-5-3-16(4-6-18)12-17-14-26(27(30)21-13-24-9-7-20(17)21)15-19-2-1-10-25(19)11-8-22(28)29/h3-7,9,13-14,19H,1-2,8,10-12,15H2,(H,28,29)/q-1/t19-/m1/s1. The Morgan fingerprint density at radius 1 is 1.27 bits per heavy atom. The van der Waals surface area contributed by atoms with Gasteiger partial charge in [0.25, 0.3) is 0 Å². The summed E-state index contributed by atoms with van der Waals surface area (Å²) >= 11 is 6.01. The Morgan fingerprint density at radius 3 is 2.83 bits per heavy atom. The molecule has 0 aliphatic carbocycles. The molecule has 1 atom stereocenters. The minimum atomic E-state index is -0.797. The van der Waals surface area contributed by atoms with E-state index in [1.807, 2.05) is 36.5 Å². The lowest BCUT2D eigenvalue weighted by Crippen LogP contribution is -2.46. The fourth-order valence-corrected chi connectivity index (χ4v) is 4.32. The molecule has 3 heterocycles. The number of nitrogens with zero attached hydrogens (tertiary/aromatic N) is 4. The fraction of sp³-hybridized carbons (Fsp3) is 0.364. The van der Waals surface area contributed by atoms with Crippen molar-refractivity contribution in [3.8, 4) is 0 Å². The van der Waals surface area contributed by atoms with E-state index < -0.39 is 5.97 Å². The van der Waals surface area contributed by atoms with Crippen molar-refractivity contribution in [3.05, 3.63) is 70.3 Å². The van der Waals surface area contributed by atoms with Gasteiger partial charge in [-0.05, 0) is 55.1 Å². The number of hydrogen-bond acceptors (Lipinski definition) is 6. The second-order valence-corrected chi connectivity index (χ2v) is 8.16. The van der Waals surface area contributed by atoms with Crippen LogP contribution in [-0.2, 0) is 11.2 Å². The zero-order chi connectivity index (χ0) is 21.1. The van der Waals surface area contributed by atoms with Crippen LogP contribution < -0.4 is 5.17 Å². The number of hydrazine groups is 1. The lowest BCUT2D eigenvalue weighted by molar-refractivity contribution is -0.137. The number of carbonyl (C=O) groups is 1. The van der Waals surface area contributed by atoms with Gasteiger partial charge in [0.2, 0.25) is 0 Å². The van der Waals surface area contributed by atoms with E-state index >= 15 is 0 Å². The summed E-state index contributed by atoms with van der Waals surface area (Å²) in [5.41, 5.74) is 3.55. The SMILES string of the molecule is O=C(O)CCN1CCC[C@@H]1CN1C=C(Cc2ccc(Cl)cc2)c2ccncc2N1[O-]. The van der Waals surface area contributed by atoms with Gasteiger partial charge in [0.15, 0.2) is 0 Å². The van der Waals surface area contributed by atoms with Gasteiger partial charge in [-0.3, -0.25) is 14.7 Å². The first-order chi connectivity index (χ1) is 14.5. The summed E-state index contributed by atoms with van der Waals surface area (Å²) in [6.07, 6.45) is 7.95. The van der Waals surface area contributed by atoms with Crippen molar-refractivity contribution in [1.82, 2.24) is 14.9 Å². The number of rotatable bonds is 7. The minimum Gasteiger partial charge on any atom is -0.738 e. The summed E-state index contributed by atoms with van der Waals surface area (Å²) in [6, 6.07) is 9.72. The average Bonchev–Trinajstić information content (AvgIpc) is 3.18. The summed E-state index contributed by atoms with van der Waals surface area (Å²) in [4.78, 5) is 17.3. The van der Waals surface area contributed by atoms with E-state index in [1.165, 1.54) is 0 Å². The van der Waals surface area contributed by atoms with Gasteiger partial charge < -0.3 is 20.5 Å². The third-order valence-electron chi connectivity index (χ3n) is 5.71. The number of carboxylic acid groups (broad SMARTS) is 1. The maximum Gasteiger partial charge on any atom is 0.304 e. The van der Waals surface area contributed by atoms with Gasteiger partial charge in [0.05, 0.1) is 24.8 Å². The van der Waals surface area contributed by atoms with Crippen LogP contribution >= 0.6 is 11.6 Å². The highest BCUT2D eigenvalue weighted by Gasteiger charge is 2.28. The third-order valence-corrected chi connectivity index (χ3v) is 5.96. The van der Waals surface area contributed by atoms with Crippen LogP contribution in [0.4, 0.5) is 5.69 Å². The number of allylic oxidation sites excluding steroid dienone is 1. The molecular weight excluding hydrogens is 404 g/mol. The first kappa shape index (κ1) is 20.7. The Bertz CT molecular complexity index is 934. The van der Waals surface area contributed by atoms with Crippen LogP contribution in [0.2, 0.25) is 5.02 Å². The number of halogens is 1. The molecule has 8 heteroatoms. The van der Waals surface area contributed by atoms with E-state index in [-0.39, 0.29) is 12.5 Å². The Hall–Kier alpha value is -2.61. The van der Waals surface area contributed by atoms with Crippen LogP contribution in [0.5, 0.6) is 0 Å². The average molecular weight is 428 g/mol. The maximum absolute atomic E-state index is 13.0. The lowest BCUT2D eigenvalue weighted by Gasteiger charge is -2.47. The molecule has 30 heavy (non-hydrogen) atoms. The highest BCUT2D eigenvalue weighted by Crippen LogP contribution is 2.35. The smallest absolute Gasteiger partial charge is 0.304 e. The van der Waals surface area contributed by atoms with E-state index in [0.717, 1.165) is 41.3 Å². The van der Waals surface area contributed by atoms with Crippen molar-refractivity contribution >= 4 is 28.8 Å². The van der Waals surface area contributed by atoms with Crippen LogP contribution in [0.3, 0.4) is 0 Å². The molecule has 0 saturated carbocycles. The Balaban J connectivity index is 1.56. The second-order valence-electron chi connectivity index (χ2n) is 7.72. The fourth-order valence-electron chi connectivity index (χ4n) is 4.19. The van der Waals surface area contributed by atoms with E-state index in [2.05, 4.69) is 9.88 Å². The van der Waals surface area contributed by atoms with Gasteiger partial charge in [-0.15, -0.1) is 0 Å². The molecule has 1 aromatic carbocycles. The zero-order valence-electron chi connectivity index (χ0n) is 16.6. The van der Waals surface area contributed by atoms with Crippen LogP contribution in [0.15, 0.2) is 48.9 Å². The molecule has 1 fully saturated rings. The van der Waals surface area contributed by atoms with E-state index in [4.69, 9.17) is 16.7 Å².